The fourth-order valence-electron chi connectivity index (χ4n) is 1.78. The summed E-state index contributed by atoms with van der Waals surface area (Å²) in [6, 6.07) is 4.86. The summed E-state index contributed by atoms with van der Waals surface area (Å²) in [5.41, 5.74) is 0.766. The number of carbonyl (C=O) groups is 1. The van der Waals surface area contributed by atoms with Gasteiger partial charge in [-0.2, -0.15) is 0 Å². The van der Waals surface area contributed by atoms with E-state index in [2.05, 4.69) is 15.6 Å². The summed E-state index contributed by atoms with van der Waals surface area (Å²) in [5.74, 6) is 1.60. The van der Waals surface area contributed by atoms with Crippen LogP contribution in [0.4, 0.5) is 0 Å². The number of aliphatic imine (C=N–C) groups is 1. The lowest BCUT2D eigenvalue weighted by Crippen LogP contribution is -2.24. The number of ether oxygens (including phenoxy) is 2. The minimum absolute atomic E-state index is 0.147. The Morgan fingerprint density at radius 2 is 1.78 bits per heavy atom. The highest BCUT2D eigenvalue weighted by molar-refractivity contribution is 6.06. The van der Waals surface area contributed by atoms with Crippen LogP contribution in [0.1, 0.15) is 11.6 Å². The van der Waals surface area contributed by atoms with Crippen LogP contribution in [0.5, 0.6) is 11.5 Å². The zero-order chi connectivity index (χ0) is 13.1. The topological polar surface area (TPSA) is 72.0 Å². The van der Waals surface area contributed by atoms with Gasteiger partial charge in [-0.25, -0.2) is 0 Å². The van der Waals surface area contributed by atoms with E-state index in [0.29, 0.717) is 17.5 Å². The molecular formula is C12H15N3O3. The molecule has 1 aliphatic rings. The number of carbonyl (C=O) groups excluding carboxylic acids is 1. The average Bonchev–Trinajstić information content (AvgIpc) is 2.79. The normalized spacial score (nSPS) is 20.5. The van der Waals surface area contributed by atoms with Gasteiger partial charge in [0.1, 0.15) is 17.5 Å². The number of hydrogen-bond donors (Lipinski definition) is 2. The Morgan fingerprint density at radius 1 is 1.17 bits per heavy atom. The third-order valence-corrected chi connectivity index (χ3v) is 2.72. The van der Waals surface area contributed by atoms with Gasteiger partial charge in [0, 0.05) is 13.1 Å². The number of guanidine groups is 1. The summed E-state index contributed by atoms with van der Waals surface area (Å²) in [5, 5.41) is 5.63. The first-order valence-electron chi connectivity index (χ1n) is 5.45. The Balaban J connectivity index is 2.36. The van der Waals surface area contributed by atoms with Crippen LogP contribution in [-0.4, -0.2) is 33.1 Å². The van der Waals surface area contributed by atoms with Crippen LogP contribution in [0, 0.1) is 0 Å². The average molecular weight is 249 g/mol. The number of methoxy groups -OCH3 is 2. The molecule has 2 N–H and O–H groups in total. The van der Waals surface area contributed by atoms with E-state index in [0.717, 1.165) is 5.56 Å². The monoisotopic (exact) mass is 249 g/mol. The summed E-state index contributed by atoms with van der Waals surface area (Å²) < 4.78 is 10.4. The van der Waals surface area contributed by atoms with Crippen molar-refractivity contribution < 1.29 is 14.3 Å². The minimum Gasteiger partial charge on any atom is -0.497 e. The largest absolute Gasteiger partial charge is 0.497 e. The lowest BCUT2D eigenvalue weighted by molar-refractivity contribution is -0.120. The Labute approximate surface area is 105 Å². The summed E-state index contributed by atoms with van der Waals surface area (Å²) in [6.07, 6.45) is 0. The van der Waals surface area contributed by atoms with Crippen LogP contribution in [0.2, 0.25) is 0 Å². The third kappa shape index (κ3) is 2.22. The van der Waals surface area contributed by atoms with E-state index in [1.165, 1.54) is 0 Å². The van der Waals surface area contributed by atoms with E-state index in [-0.39, 0.29) is 5.91 Å². The van der Waals surface area contributed by atoms with Crippen molar-refractivity contribution in [2.45, 2.75) is 6.04 Å². The molecule has 0 saturated carbocycles. The number of amides is 1. The predicted molar refractivity (Wildman–Crippen MR) is 66.9 cm³/mol. The molecule has 1 heterocycles. The van der Waals surface area contributed by atoms with Crippen molar-refractivity contribution in [3.05, 3.63) is 23.8 Å². The molecule has 1 atom stereocenters. The Kier molecular flexibility index (Phi) is 3.36. The minimum atomic E-state index is -0.479. The van der Waals surface area contributed by atoms with Gasteiger partial charge in [-0.3, -0.25) is 15.1 Å². The molecule has 0 bridgehead atoms. The molecule has 0 radical (unpaired) electrons. The molecule has 6 heteroatoms. The first-order chi connectivity index (χ1) is 8.67. The lowest BCUT2D eigenvalue weighted by Gasteiger charge is -2.12. The molecule has 1 unspecified atom stereocenters. The van der Waals surface area contributed by atoms with Crippen LogP contribution in [0.3, 0.4) is 0 Å². The maximum atomic E-state index is 11.8. The van der Waals surface area contributed by atoms with Crippen molar-refractivity contribution in [1.29, 1.82) is 0 Å². The van der Waals surface area contributed by atoms with Crippen molar-refractivity contribution in [2.24, 2.45) is 4.99 Å². The van der Waals surface area contributed by atoms with Gasteiger partial charge in [0.2, 0.25) is 0 Å². The van der Waals surface area contributed by atoms with Crippen LogP contribution in [0.25, 0.3) is 0 Å². The van der Waals surface area contributed by atoms with Gasteiger partial charge in [-0.1, -0.05) is 0 Å². The molecule has 1 amide bonds. The quantitative estimate of drug-likeness (QED) is 0.816. The number of benzene rings is 1. The van der Waals surface area contributed by atoms with E-state index in [1.807, 2.05) is 0 Å². The molecule has 1 aliphatic heterocycles. The van der Waals surface area contributed by atoms with E-state index in [9.17, 15) is 4.79 Å². The molecule has 96 valence electrons. The maximum absolute atomic E-state index is 11.8. The Morgan fingerprint density at radius 3 is 2.22 bits per heavy atom. The second-order valence-electron chi connectivity index (χ2n) is 3.78. The van der Waals surface area contributed by atoms with Crippen molar-refractivity contribution >= 4 is 11.9 Å². The van der Waals surface area contributed by atoms with Crippen molar-refractivity contribution in [1.82, 2.24) is 10.6 Å². The van der Waals surface area contributed by atoms with E-state index in [1.54, 1.807) is 39.5 Å². The zero-order valence-corrected chi connectivity index (χ0v) is 10.5. The standard InChI is InChI=1S/C12H15N3O3/c1-13-12-14-10(11(16)15-12)7-4-8(17-2)6-9(5-7)18-3/h4-6,10H,1-3H3,(H2,13,14,15,16). The summed E-state index contributed by atoms with van der Waals surface area (Å²) in [7, 11) is 4.75. The molecular weight excluding hydrogens is 234 g/mol. The second kappa shape index (κ2) is 4.95. The lowest BCUT2D eigenvalue weighted by atomic mass is 10.1. The van der Waals surface area contributed by atoms with Crippen LogP contribution in [0.15, 0.2) is 23.2 Å². The highest BCUT2D eigenvalue weighted by atomic mass is 16.5. The van der Waals surface area contributed by atoms with Crippen LogP contribution in [-0.2, 0) is 4.79 Å². The SMILES string of the molecule is CN=C1NC(=O)C(c2cc(OC)cc(OC)c2)N1. The number of hydrogen-bond acceptors (Lipinski definition) is 4. The van der Waals surface area contributed by atoms with Crippen LogP contribution >= 0.6 is 0 Å². The van der Waals surface area contributed by atoms with Gasteiger partial charge < -0.3 is 14.8 Å². The molecule has 1 fully saturated rings. The van der Waals surface area contributed by atoms with Gasteiger partial charge in [-0.15, -0.1) is 0 Å². The number of rotatable bonds is 3. The molecule has 18 heavy (non-hydrogen) atoms. The van der Waals surface area contributed by atoms with Crippen molar-refractivity contribution in [3.63, 3.8) is 0 Å². The van der Waals surface area contributed by atoms with Gasteiger partial charge in [0.05, 0.1) is 14.2 Å². The number of nitrogens with one attached hydrogen (secondary N) is 2. The Bertz CT molecular complexity index is 477. The second-order valence-corrected chi connectivity index (χ2v) is 3.78. The fraction of sp³-hybridized carbons (Fsp3) is 0.333. The maximum Gasteiger partial charge on any atom is 0.253 e. The van der Waals surface area contributed by atoms with E-state index >= 15 is 0 Å². The molecule has 2 rings (SSSR count). The summed E-state index contributed by atoms with van der Waals surface area (Å²) in [6.45, 7) is 0. The van der Waals surface area contributed by atoms with Gasteiger partial charge in [0.15, 0.2) is 5.96 Å². The zero-order valence-electron chi connectivity index (χ0n) is 10.5. The van der Waals surface area contributed by atoms with E-state index < -0.39 is 6.04 Å². The highest BCUT2D eigenvalue weighted by Crippen LogP contribution is 2.27. The molecule has 0 spiro atoms. The van der Waals surface area contributed by atoms with Crippen molar-refractivity contribution in [2.75, 3.05) is 21.3 Å². The smallest absolute Gasteiger partial charge is 0.253 e. The van der Waals surface area contributed by atoms with Gasteiger partial charge in [-0.05, 0) is 17.7 Å². The molecule has 6 nitrogen and oxygen atoms in total. The van der Waals surface area contributed by atoms with Gasteiger partial charge >= 0.3 is 0 Å². The first kappa shape index (κ1) is 12.2. The van der Waals surface area contributed by atoms with Crippen molar-refractivity contribution in [3.8, 4) is 11.5 Å². The number of nitrogens with zero attached hydrogens (tertiary/aromatic N) is 1. The first-order valence-corrected chi connectivity index (χ1v) is 5.45. The molecule has 1 aromatic rings. The highest BCUT2D eigenvalue weighted by Gasteiger charge is 2.30. The predicted octanol–water partition coefficient (Wildman–Crippen LogP) is 0.450. The van der Waals surface area contributed by atoms with E-state index in [4.69, 9.17) is 9.47 Å². The molecule has 0 aliphatic carbocycles. The van der Waals surface area contributed by atoms with Crippen LogP contribution < -0.4 is 20.1 Å². The summed E-state index contributed by atoms with van der Waals surface area (Å²) >= 11 is 0. The molecule has 0 aromatic heterocycles. The van der Waals surface area contributed by atoms with Gasteiger partial charge in [0.25, 0.3) is 5.91 Å². The molecule has 1 aromatic carbocycles. The Hall–Kier alpha value is -2.24. The fourth-order valence-corrected chi connectivity index (χ4v) is 1.78. The summed E-state index contributed by atoms with van der Waals surface area (Å²) in [4.78, 5) is 15.7. The molecule has 1 saturated heterocycles. The third-order valence-electron chi connectivity index (χ3n) is 2.72.